The molecule has 84 valence electrons. The molecule has 0 aliphatic heterocycles. The highest BCUT2D eigenvalue weighted by Crippen LogP contribution is 1.99. The predicted octanol–water partition coefficient (Wildman–Crippen LogP) is 0.690. The molecular weight excluding hydrogens is 192 g/mol. The van der Waals surface area contributed by atoms with Gasteiger partial charge in [0.15, 0.2) is 0 Å². The van der Waals surface area contributed by atoms with Gasteiger partial charge in [0, 0.05) is 18.4 Å². The second-order valence-corrected chi connectivity index (χ2v) is 3.99. The van der Waals surface area contributed by atoms with Crippen molar-refractivity contribution in [1.29, 1.82) is 0 Å². The Labute approximate surface area is 89.7 Å². The topological polar surface area (TPSA) is 65.1 Å². The Morgan fingerprint density at radius 1 is 1.60 bits per heavy atom. The maximum absolute atomic E-state index is 11.4. The van der Waals surface area contributed by atoms with Crippen LogP contribution in [0.15, 0.2) is 18.3 Å². The lowest BCUT2D eigenvalue weighted by Gasteiger charge is -2.14. The SMILES string of the molecule is CC(C)C(O)CNC(=O)Cc1ccc[nH]1. The molecule has 0 aliphatic rings. The number of rotatable bonds is 5. The Morgan fingerprint density at radius 3 is 2.87 bits per heavy atom. The standard InChI is InChI=1S/C11H18N2O2/c1-8(2)10(14)7-13-11(15)6-9-4-3-5-12-9/h3-5,8,10,12,14H,6-7H2,1-2H3,(H,13,15). The number of aromatic amines is 1. The lowest BCUT2D eigenvalue weighted by Crippen LogP contribution is -2.35. The van der Waals surface area contributed by atoms with Gasteiger partial charge >= 0.3 is 0 Å². The molecule has 3 N–H and O–H groups in total. The minimum atomic E-state index is -0.474. The molecule has 4 heteroatoms. The van der Waals surface area contributed by atoms with Crippen LogP contribution in [0.1, 0.15) is 19.5 Å². The summed E-state index contributed by atoms with van der Waals surface area (Å²) in [5, 5.41) is 12.2. The van der Waals surface area contributed by atoms with E-state index < -0.39 is 6.10 Å². The van der Waals surface area contributed by atoms with Gasteiger partial charge in [-0.05, 0) is 18.1 Å². The van der Waals surface area contributed by atoms with Crippen LogP contribution in [-0.2, 0) is 11.2 Å². The van der Waals surface area contributed by atoms with Crippen molar-refractivity contribution in [3.05, 3.63) is 24.0 Å². The predicted molar refractivity (Wildman–Crippen MR) is 58.4 cm³/mol. The van der Waals surface area contributed by atoms with E-state index in [0.29, 0.717) is 13.0 Å². The summed E-state index contributed by atoms with van der Waals surface area (Å²) in [7, 11) is 0. The molecule has 0 spiro atoms. The summed E-state index contributed by atoms with van der Waals surface area (Å²) in [4.78, 5) is 14.4. The van der Waals surface area contributed by atoms with Gasteiger partial charge in [-0.2, -0.15) is 0 Å². The molecule has 0 bridgehead atoms. The Bertz CT molecular complexity index is 294. The van der Waals surface area contributed by atoms with Crippen molar-refractivity contribution in [2.24, 2.45) is 5.92 Å². The summed E-state index contributed by atoms with van der Waals surface area (Å²) in [5.74, 6) is 0.0907. The first-order valence-electron chi connectivity index (χ1n) is 5.16. The highest BCUT2D eigenvalue weighted by atomic mass is 16.3. The second-order valence-electron chi connectivity index (χ2n) is 3.99. The Morgan fingerprint density at radius 2 is 2.33 bits per heavy atom. The van der Waals surface area contributed by atoms with E-state index in [1.54, 1.807) is 6.20 Å². The van der Waals surface area contributed by atoms with Crippen LogP contribution in [0.25, 0.3) is 0 Å². The molecule has 0 fully saturated rings. The third-order valence-corrected chi connectivity index (χ3v) is 2.29. The van der Waals surface area contributed by atoms with Crippen LogP contribution in [0.2, 0.25) is 0 Å². The molecule has 0 saturated heterocycles. The van der Waals surface area contributed by atoms with E-state index in [1.165, 1.54) is 0 Å². The maximum atomic E-state index is 11.4. The van der Waals surface area contributed by atoms with Crippen molar-refractivity contribution in [1.82, 2.24) is 10.3 Å². The van der Waals surface area contributed by atoms with E-state index in [2.05, 4.69) is 10.3 Å². The minimum absolute atomic E-state index is 0.0721. The van der Waals surface area contributed by atoms with Gasteiger partial charge in [-0.1, -0.05) is 13.8 Å². The molecule has 0 saturated carbocycles. The average molecular weight is 210 g/mol. The minimum Gasteiger partial charge on any atom is -0.391 e. The smallest absolute Gasteiger partial charge is 0.226 e. The largest absolute Gasteiger partial charge is 0.391 e. The van der Waals surface area contributed by atoms with Gasteiger partial charge in [0.2, 0.25) is 5.91 Å². The quantitative estimate of drug-likeness (QED) is 0.669. The number of aromatic nitrogens is 1. The van der Waals surface area contributed by atoms with E-state index in [1.807, 2.05) is 26.0 Å². The van der Waals surface area contributed by atoms with Crippen LogP contribution in [-0.4, -0.2) is 28.6 Å². The molecule has 0 aliphatic carbocycles. The zero-order chi connectivity index (χ0) is 11.3. The number of aliphatic hydroxyl groups excluding tert-OH is 1. The number of carbonyl (C=O) groups is 1. The van der Waals surface area contributed by atoms with Crippen LogP contribution < -0.4 is 5.32 Å². The average Bonchev–Trinajstić information content (AvgIpc) is 2.66. The molecule has 15 heavy (non-hydrogen) atoms. The Hall–Kier alpha value is -1.29. The Balaban J connectivity index is 2.25. The fourth-order valence-corrected chi connectivity index (χ4v) is 1.17. The van der Waals surface area contributed by atoms with Crippen LogP contribution in [0.5, 0.6) is 0 Å². The van der Waals surface area contributed by atoms with E-state index >= 15 is 0 Å². The highest BCUT2D eigenvalue weighted by molar-refractivity contribution is 5.78. The zero-order valence-electron chi connectivity index (χ0n) is 9.16. The maximum Gasteiger partial charge on any atom is 0.226 e. The first-order chi connectivity index (χ1) is 7.09. The third-order valence-electron chi connectivity index (χ3n) is 2.29. The number of carbonyl (C=O) groups excluding carboxylic acids is 1. The van der Waals surface area contributed by atoms with Gasteiger partial charge in [0.05, 0.1) is 12.5 Å². The summed E-state index contributed by atoms with van der Waals surface area (Å²) in [6.45, 7) is 4.15. The van der Waals surface area contributed by atoms with Crippen molar-refractivity contribution >= 4 is 5.91 Å². The Kier molecular flexibility index (Phi) is 4.37. The van der Waals surface area contributed by atoms with E-state index in [9.17, 15) is 9.90 Å². The van der Waals surface area contributed by atoms with Crippen molar-refractivity contribution in [2.45, 2.75) is 26.4 Å². The summed E-state index contributed by atoms with van der Waals surface area (Å²) in [6, 6.07) is 3.71. The van der Waals surface area contributed by atoms with Gasteiger partial charge in [0.1, 0.15) is 0 Å². The monoisotopic (exact) mass is 210 g/mol. The normalized spacial score (nSPS) is 12.8. The van der Waals surface area contributed by atoms with Gasteiger partial charge in [0.25, 0.3) is 0 Å². The van der Waals surface area contributed by atoms with Gasteiger partial charge in [-0.3, -0.25) is 4.79 Å². The van der Waals surface area contributed by atoms with Crippen molar-refractivity contribution in [3.8, 4) is 0 Å². The van der Waals surface area contributed by atoms with Crippen LogP contribution >= 0.6 is 0 Å². The van der Waals surface area contributed by atoms with Gasteiger partial charge < -0.3 is 15.4 Å². The first-order valence-corrected chi connectivity index (χ1v) is 5.16. The zero-order valence-corrected chi connectivity index (χ0v) is 9.16. The van der Waals surface area contributed by atoms with Crippen LogP contribution in [0.3, 0.4) is 0 Å². The lowest BCUT2D eigenvalue weighted by molar-refractivity contribution is -0.121. The molecule has 1 rings (SSSR count). The summed E-state index contributed by atoms with van der Waals surface area (Å²) < 4.78 is 0. The van der Waals surface area contributed by atoms with E-state index in [4.69, 9.17) is 0 Å². The lowest BCUT2D eigenvalue weighted by atomic mass is 10.1. The fourth-order valence-electron chi connectivity index (χ4n) is 1.17. The molecule has 1 heterocycles. The number of hydrogen-bond donors (Lipinski definition) is 3. The first kappa shape index (κ1) is 11.8. The fraction of sp³-hybridized carbons (Fsp3) is 0.545. The van der Waals surface area contributed by atoms with E-state index in [0.717, 1.165) is 5.69 Å². The highest BCUT2D eigenvalue weighted by Gasteiger charge is 2.10. The van der Waals surface area contributed by atoms with Crippen molar-refractivity contribution in [3.63, 3.8) is 0 Å². The van der Waals surface area contributed by atoms with Crippen LogP contribution in [0, 0.1) is 5.92 Å². The molecule has 1 atom stereocenters. The van der Waals surface area contributed by atoms with E-state index in [-0.39, 0.29) is 11.8 Å². The van der Waals surface area contributed by atoms with Crippen molar-refractivity contribution in [2.75, 3.05) is 6.54 Å². The third kappa shape index (κ3) is 4.16. The number of nitrogens with one attached hydrogen (secondary N) is 2. The van der Waals surface area contributed by atoms with Crippen molar-refractivity contribution < 1.29 is 9.90 Å². The molecule has 0 radical (unpaired) electrons. The summed E-state index contributed by atoms with van der Waals surface area (Å²) in [6.07, 6.45) is 1.64. The molecule has 1 aromatic rings. The summed E-state index contributed by atoms with van der Waals surface area (Å²) in [5.41, 5.74) is 0.881. The molecule has 0 aromatic carbocycles. The number of hydrogen-bond acceptors (Lipinski definition) is 2. The molecule has 1 unspecified atom stereocenters. The molecule has 1 amide bonds. The molecule has 4 nitrogen and oxygen atoms in total. The summed E-state index contributed by atoms with van der Waals surface area (Å²) >= 11 is 0. The van der Waals surface area contributed by atoms with Gasteiger partial charge in [-0.25, -0.2) is 0 Å². The number of aliphatic hydroxyl groups is 1. The number of amides is 1. The number of H-pyrrole nitrogens is 1. The van der Waals surface area contributed by atoms with Crippen LogP contribution in [0.4, 0.5) is 0 Å². The molecule has 1 aromatic heterocycles. The molecular formula is C11H18N2O2. The van der Waals surface area contributed by atoms with Gasteiger partial charge in [-0.15, -0.1) is 0 Å². The second kappa shape index (κ2) is 5.56.